The minimum atomic E-state index is -0.302. The summed E-state index contributed by atoms with van der Waals surface area (Å²) in [4.78, 5) is 16.4. The lowest BCUT2D eigenvalue weighted by Gasteiger charge is -2.34. The summed E-state index contributed by atoms with van der Waals surface area (Å²) in [6.45, 7) is 3.86. The fraction of sp³-hybridized carbons (Fsp3) is 0.250. The smallest absolute Gasteiger partial charge is 0.246 e. The van der Waals surface area contributed by atoms with E-state index in [2.05, 4.69) is 11.0 Å². The lowest BCUT2D eigenvalue weighted by Crippen LogP contribution is -2.47. The van der Waals surface area contributed by atoms with Crippen LogP contribution in [0.25, 0.3) is 6.08 Å². The van der Waals surface area contributed by atoms with E-state index < -0.39 is 0 Å². The summed E-state index contributed by atoms with van der Waals surface area (Å²) >= 11 is 6.02. The number of carbonyl (C=O) groups excluding carboxylic acids is 1. The van der Waals surface area contributed by atoms with Gasteiger partial charge in [0.2, 0.25) is 5.91 Å². The van der Waals surface area contributed by atoms with Crippen molar-refractivity contribution in [2.24, 2.45) is 0 Å². The second-order valence-corrected chi connectivity index (χ2v) is 6.56. The number of amides is 1. The molecular formula is C20H20ClFN2O. The van der Waals surface area contributed by atoms with E-state index in [-0.39, 0.29) is 11.7 Å². The fourth-order valence-electron chi connectivity index (χ4n) is 2.90. The molecule has 0 bridgehead atoms. The van der Waals surface area contributed by atoms with Crippen molar-refractivity contribution in [1.82, 2.24) is 9.80 Å². The third kappa shape index (κ3) is 5.15. The number of halogens is 2. The van der Waals surface area contributed by atoms with Crippen molar-refractivity contribution in [2.75, 3.05) is 26.2 Å². The Labute approximate surface area is 152 Å². The third-order valence-electron chi connectivity index (χ3n) is 4.25. The van der Waals surface area contributed by atoms with Gasteiger partial charge in [-0.2, -0.15) is 0 Å². The summed E-state index contributed by atoms with van der Waals surface area (Å²) in [6.07, 6.45) is 3.17. The SMILES string of the molecule is O=C(/C=C/c1cccc(F)c1)N1CCN(Cc2cccc(Cl)c2)CC1. The van der Waals surface area contributed by atoms with Gasteiger partial charge in [-0.15, -0.1) is 0 Å². The molecule has 1 saturated heterocycles. The molecule has 25 heavy (non-hydrogen) atoms. The van der Waals surface area contributed by atoms with Gasteiger partial charge in [-0.05, 0) is 41.5 Å². The maximum atomic E-state index is 13.2. The van der Waals surface area contributed by atoms with Crippen LogP contribution < -0.4 is 0 Å². The number of carbonyl (C=O) groups is 1. The van der Waals surface area contributed by atoms with Gasteiger partial charge in [0.05, 0.1) is 0 Å². The van der Waals surface area contributed by atoms with Crippen LogP contribution in [-0.4, -0.2) is 41.9 Å². The van der Waals surface area contributed by atoms with Crippen LogP contribution in [0.3, 0.4) is 0 Å². The number of piperazine rings is 1. The molecule has 0 atom stereocenters. The summed E-state index contributed by atoms with van der Waals surface area (Å²) in [5, 5.41) is 0.744. The second kappa shape index (κ2) is 8.28. The number of nitrogens with zero attached hydrogens (tertiary/aromatic N) is 2. The second-order valence-electron chi connectivity index (χ2n) is 6.12. The van der Waals surface area contributed by atoms with E-state index >= 15 is 0 Å². The Morgan fingerprint density at radius 1 is 1.08 bits per heavy atom. The van der Waals surface area contributed by atoms with Crippen LogP contribution in [0, 0.1) is 5.82 Å². The summed E-state index contributed by atoms with van der Waals surface area (Å²) in [7, 11) is 0. The number of hydrogen-bond acceptors (Lipinski definition) is 2. The highest BCUT2D eigenvalue weighted by Gasteiger charge is 2.19. The molecule has 1 amide bonds. The molecule has 2 aromatic carbocycles. The molecule has 2 aromatic rings. The average molecular weight is 359 g/mol. The predicted molar refractivity (Wildman–Crippen MR) is 98.7 cm³/mol. The first-order chi connectivity index (χ1) is 12.1. The maximum Gasteiger partial charge on any atom is 0.246 e. The molecule has 3 nitrogen and oxygen atoms in total. The number of hydrogen-bond donors (Lipinski definition) is 0. The molecule has 1 aliphatic heterocycles. The Kier molecular flexibility index (Phi) is 5.84. The van der Waals surface area contributed by atoms with Crippen LogP contribution >= 0.6 is 11.6 Å². The lowest BCUT2D eigenvalue weighted by atomic mass is 10.2. The van der Waals surface area contributed by atoms with Crippen molar-refractivity contribution in [3.05, 3.63) is 76.6 Å². The summed E-state index contributed by atoms with van der Waals surface area (Å²) in [5.74, 6) is -0.337. The predicted octanol–water partition coefficient (Wildman–Crippen LogP) is 3.84. The van der Waals surface area contributed by atoms with Gasteiger partial charge in [-0.25, -0.2) is 4.39 Å². The molecule has 0 unspecified atom stereocenters. The normalized spacial score (nSPS) is 15.7. The van der Waals surface area contributed by atoms with Crippen molar-refractivity contribution >= 4 is 23.6 Å². The van der Waals surface area contributed by atoms with Crippen molar-refractivity contribution in [3.63, 3.8) is 0 Å². The summed E-state index contributed by atoms with van der Waals surface area (Å²) in [5.41, 5.74) is 1.87. The van der Waals surface area contributed by atoms with Crippen LogP contribution in [0.1, 0.15) is 11.1 Å². The van der Waals surface area contributed by atoms with E-state index in [1.807, 2.05) is 23.1 Å². The number of benzene rings is 2. The van der Waals surface area contributed by atoms with E-state index in [1.54, 1.807) is 18.2 Å². The first-order valence-electron chi connectivity index (χ1n) is 8.29. The molecule has 0 N–H and O–H groups in total. The molecular weight excluding hydrogens is 339 g/mol. The zero-order chi connectivity index (χ0) is 17.6. The maximum absolute atomic E-state index is 13.2. The van der Waals surface area contributed by atoms with Crippen LogP contribution in [0.5, 0.6) is 0 Å². The van der Waals surface area contributed by atoms with Gasteiger partial charge in [0.1, 0.15) is 5.82 Å². The molecule has 0 saturated carbocycles. The average Bonchev–Trinajstić information content (AvgIpc) is 2.60. The Hall–Kier alpha value is -2.17. The van der Waals surface area contributed by atoms with Crippen molar-refractivity contribution in [1.29, 1.82) is 0 Å². The quantitative estimate of drug-likeness (QED) is 0.775. The molecule has 3 rings (SSSR count). The van der Waals surface area contributed by atoms with E-state index in [4.69, 9.17) is 11.6 Å². The van der Waals surface area contributed by atoms with Gasteiger partial charge >= 0.3 is 0 Å². The van der Waals surface area contributed by atoms with Crippen molar-refractivity contribution in [3.8, 4) is 0 Å². The molecule has 1 fully saturated rings. The van der Waals surface area contributed by atoms with Gasteiger partial charge < -0.3 is 4.90 Å². The topological polar surface area (TPSA) is 23.6 Å². The van der Waals surface area contributed by atoms with Crippen LogP contribution in [0.15, 0.2) is 54.6 Å². The zero-order valence-electron chi connectivity index (χ0n) is 13.9. The molecule has 0 spiro atoms. The lowest BCUT2D eigenvalue weighted by molar-refractivity contribution is -0.127. The monoisotopic (exact) mass is 358 g/mol. The van der Waals surface area contributed by atoms with Gasteiger partial charge in [-0.3, -0.25) is 9.69 Å². The van der Waals surface area contributed by atoms with Crippen molar-refractivity contribution < 1.29 is 9.18 Å². The van der Waals surface area contributed by atoms with Crippen LogP contribution in [-0.2, 0) is 11.3 Å². The van der Waals surface area contributed by atoms with Crippen LogP contribution in [0.2, 0.25) is 5.02 Å². The van der Waals surface area contributed by atoms with Gasteiger partial charge in [-0.1, -0.05) is 35.9 Å². The molecule has 0 radical (unpaired) electrons. The molecule has 5 heteroatoms. The number of rotatable bonds is 4. The minimum absolute atomic E-state index is 0.0355. The van der Waals surface area contributed by atoms with E-state index in [0.29, 0.717) is 18.7 Å². The Morgan fingerprint density at radius 3 is 2.56 bits per heavy atom. The van der Waals surface area contributed by atoms with Crippen molar-refractivity contribution in [2.45, 2.75) is 6.54 Å². The molecule has 130 valence electrons. The van der Waals surface area contributed by atoms with E-state index in [0.717, 1.165) is 24.7 Å². The van der Waals surface area contributed by atoms with Crippen LogP contribution in [0.4, 0.5) is 4.39 Å². The fourth-order valence-corrected chi connectivity index (χ4v) is 3.12. The Morgan fingerprint density at radius 2 is 1.84 bits per heavy atom. The van der Waals surface area contributed by atoms with Gasteiger partial charge in [0, 0.05) is 43.8 Å². The Bertz CT molecular complexity index is 770. The van der Waals surface area contributed by atoms with E-state index in [9.17, 15) is 9.18 Å². The first kappa shape index (κ1) is 17.6. The highest BCUT2D eigenvalue weighted by molar-refractivity contribution is 6.30. The molecule has 0 aliphatic carbocycles. The standard InChI is InChI=1S/C20H20ClFN2O/c21-18-5-1-4-17(13-18)15-23-9-11-24(12-10-23)20(25)8-7-16-3-2-6-19(22)14-16/h1-8,13-14H,9-12,15H2/b8-7+. The molecule has 1 aliphatic rings. The first-order valence-corrected chi connectivity index (χ1v) is 8.67. The van der Waals surface area contributed by atoms with Gasteiger partial charge in [0.15, 0.2) is 0 Å². The zero-order valence-corrected chi connectivity index (χ0v) is 14.6. The molecule has 0 aromatic heterocycles. The van der Waals surface area contributed by atoms with Gasteiger partial charge in [0.25, 0.3) is 0 Å². The minimum Gasteiger partial charge on any atom is -0.337 e. The summed E-state index contributed by atoms with van der Waals surface area (Å²) < 4.78 is 13.2. The van der Waals surface area contributed by atoms with E-state index in [1.165, 1.54) is 23.8 Å². The summed E-state index contributed by atoms with van der Waals surface area (Å²) in [6, 6.07) is 14.1. The Balaban J connectivity index is 1.50. The highest BCUT2D eigenvalue weighted by Crippen LogP contribution is 2.14. The highest BCUT2D eigenvalue weighted by atomic mass is 35.5. The largest absolute Gasteiger partial charge is 0.337 e. The molecule has 1 heterocycles. The third-order valence-corrected chi connectivity index (χ3v) is 4.48.